The molecule has 0 aliphatic rings. The first-order chi connectivity index (χ1) is 9.97. The van der Waals surface area contributed by atoms with Crippen molar-refractivity contribution in [2.24, 2.45) is 0 Å². The third kappa shape index (κ3) is 4.03. The number of carboxylic acids is 1. The van der Waals surface area contributed by atoms with Gasteiger partial charge in [-0.15, -0.1) is 0 Å². The number of hydrogen-bond donors (Lipinski definition) is 2. The molecule has 110 valence electrons. The largest absolute Gasteiger partial charge is 0.491 e. The van der Waals surface area contributed by atoms with Crippen LogP contribution in [0.3, 0.4) is 0 Å². The number of anilines is 1. The lowest BCUT2D eigenvalue weighted by atomic mass is 10.1. The molecule has 0 aliphatic heterocycles. The van der Waals surface area contributed by atoms with Gasteiger partial charge in [-0.25, -0.2) is 4.79 Å². The summed E-state index contributed by atoms with van der Waals surface area (Å²) in [6.45, 7) is 0.328. The van der Waals surface area contributed by atoms with Gasteiger partial charge in [0.2, 0.25) is 0 Å². The van der Waals surface area contributed by atoms with Crippen molar-refractivity contribution in [2.45, 2.75) is 6.42 Å². The van der Waals surface area contributed by atoms with Gasteiger partial charge < -0.3 is 15.6 Å². The lowest BCUT2D eigenvalue weighted by Crippen LogP contribution is -2.05. The average Bonchev–Trinajstić information content (AvgIpc) is 2.43. The highest BCUT2D eigenvalue weighted by Gasteiger charge is 2.08. The summed E-state index contributed by atoms with van der Waals surface area (Å²) in [6.07, 6.45) is 0.562. The van der Waals surface area contributed by atoms with Crippen LogP contribution in [0.25, 0.3) is 0 Å². The van der Waals surface area contributed by atoms with Gasteiger partial charge in [0.25, 0.3) is 0 Å². The summed E-state index contributed by atoms with van der Waals surface area (Å²) < 4.78 is 5.54. The Balaban J connectivity index is 2.03. The first kappa shape index (κ1) is 15.5. The molecule has 0 amide bonds. The molecule has 4 nitrogen and oxygen atoms in total. The number of nitrogens with two attached hydrogens (primary N) is 1. The van der Waals surface area contributed by atoms with Gasteiger partial charge in [0.15, 0.2) is 0 Å². The standard InChI is InChI=1S/C15H13Cl2NO3/c16-11-3-1-9(12(17)8-11)5-6-21-14-7-10(15(19)20)2-4-13(14)18/h1-4,7-8H,5-6,18H2,(H,19,20). The van der Waals surface area contributed by atoms with Gasteiger partial charge in [-0.05, 0) is 35.9 Å². The van der Waals surface area contributed by atoms with E-state index < -0.39 is 5.97 Å². The predicted molar refractivity (Wildman–Crippen MR) is 83.5 cm³/mol. The van der Waals surface area contributed by atoms with Gasteiger partial charge in [-0.2, -0.15) is 0 Å². The molecule has 0 radical (unpaired) electrons. The minimum Gasteiger partial charge on any atom is -0.491 e. The molecule has 0 aliphatic carbocycles. The smallest absolute Gasteiger partial charge is 0.335 e. The maximum absolute atomic E-state index is 10.9. The van der Waals surface area contributed by atoms with Gasteiger partial charge in [0, 0.05) is 16.5 Å². The molecule has 0 fully saturated rings. The average molecular weight is 326 g/mol. The minimum atomic E-state index is -1.03. The summed E-state index contributed by atoms with van der Waals surface area (Å²) in [7, 11) is 0. The van der Waals surface area contributed by atoms with Crippen LogP contribution in [-0.2, 0) is 6.42 Å². The molecular weight excluding hydrogens is 313 g/mol. The summed E-state index contributed by atoms with van der Waals surface area (Å²) in [5, 5.41) is 10.1. The van der Waals surface area contributed by atoms with Crippen molar-refractivity contribution in [3.8, 4) is 5.75 Å². The first-order valence-electron chi connectivity index (χ1n) is 6.17. The molecule has 2 aromatic rings. The molecule has 2 aromatic carbocycles. The van der Waals surface area contributed by atoms with E-state index in [-0.39, 0.29) is 5.56 Å². The molecule has 3 N–H and O–H groups in total. The Morgan fingerprint density at radius 1 is 1.19 bits per heavy atom. The Hall–Kier alpha value is -1.91. The van der Waals surface area contributed by atoms with Crippen molar-refractivity contribution < 1.29 is 14.6 Å². The molecule has 0 saturated carbocycles. The maximum atomic E-state index is 10.9. The lowest BCUT2D eigenvalue weighted by molar-refractivity contribution is 0.0696. The van der Waals surface area contributed by atoms with Gasteiger partial charge in [0.1, 0.15) is 5.75 Å². The number of aromatic carboxylic acids is 1. The summed E-state index contributed by atoms with van der Waals surface area (Å²) in [5.74, 6) is -0.680. The van der Waals surface area contributed by atoms with E-state index in [4.69, 9.17) is 38.8 Å². The fourth-order valence-corrected chi connectivity index (χ4v) is 2.29. The van der Waals surface area contributed by atoms with Crippen molar-refractivity contribution >= 4 is 34.9 Å². The van der Waals surface area contributed by atoms with Gasteiger partial charge >= 0.3 is 5.97 Å². The highest BCUT2D eigenvalue weighted by atomic mass is 35.5. The maximum Gasteiger partial charge on any atom is 0.335 e. The normalized spacial score (nSPS) is 10.4. The fourth-order valence-electron chi connectivity index (χ4n) is 1.79. The van der Waals surface area contributed by atoms with Crippen LogP contribution < -0.4 is 10.5 Å². The van der Waals surface area contributed by atoms with Crippen LogP contribution in [0, 0.1) is 0 Å². The molecule has 0 heterocycles. The molecule has 2 rings (SSSR count). The van der Waals surface area contributed by atoms with Crippen LogP contribution in [0.2, 0.25) is 10.0 Å². The topological polar surface area (TPSA) is 72.6 Å². The summed E-state index contributed by atoms with van der Waals surface area (Å²) in [5.41, 5.74) is 7.17. The second-order valence-corrected chi connectivity index (χ2v) is 5.24. The summed E-state index contributed by atoms with van der Waals surface area (Å²) in [6, 6.07) is 9.58. The van der Waals surface area contributed by atoms with Crippen LogP contribution >= 0.6 is 23.2 Å². The number of halogens is 2. The molecule has 0 bridgehead atoms. The highest BCUT2D eigenvalue weighted by Crippen LogP contribution is 2.24. The number of carbonyl (C=O) groups is 1. The van der Waals surface area contributed by atoms with E-state index >= 15 is 0 Å². The van der Waals surface area contributed by atoms with E-state index in [9.17, 15) is 4.79 Å². The zero-order chi connectivity index (χ0) is 15.4. The summed E-state index contributed by atoms with van der Waals surface area (Å²) >= 11 is 11.9. The zero-order valence-electron chi connectivity index (χ0n) is 11.0. The number of carboxylic acid groups (broad SMARTS) is 1. The van der Waals surface area contributed by atoms with Crippen molar-refractivity contribution in [2.75, 3.05) is 12.3 Å². The van der Waals surface area contributed by atoms with Gasteiger partial charge in [-0.3, -0.25) is 0 Å². The second kappa shape index (κ2) is 6.70. The molecule has 21 heavy (non-hydrogen) atoms. The Morgan fingerprint density at radius 2 is 1.95 bits per heavy atom. The molecule has 0 unspecified atom stereocenters. The number of ether oxygens (including phenoxy) is 1. The Labute approximate surface area is 132 Å². The lowest BCUT2D eigenvalue weighted by Gasteiger charge is -2.10. The molecule has 6 heteroatoms. The zero-order valence-corrected chi connectivity index (χ0v) is 12.5. The monoisotopic (exact) mass is 325 g/mol. The molecule has 0 saturated heterocycles. The van der Waals surface area contributed by atoms with Crippen molar-refractivity contribution in [1.29, 1.82) is 0 Å². The number of rotatable bonds is 5. The molecular formula is C15H13Cl2NO3. The quantitative estimate of drug-likeness (QED) is 0.818. The van der Waals surface area contributed by atoms with Crippen molar-refractivity contribution in [3.63, 3.8) is 0 Å². The fraction of sp³-hybridized carbons (Fsp3) is 0.133. The Bertz CT molecular complexity index is 674. The molecule has 0 spiro atoms. The number of hydrogen-bond acceptors (Lipinski definition) is 3. The van der Waals surface area contributed by atoms with Crippen molar-refractivity contribution in [3.05, 3.63) is 57.6 Å². The van der Waals surface area contributed by atoms with Gasteiger partial charge in [-0.1, -0.05) is 29.3 Å². The SMILES string of the molecule is Nc1ccc(C(=O)O)cc1OCCc1ccc(Cl)cc1Cl. The minimum absolute atomic E-state index is 0.128. The van der Waals surface area contributed by atoms with Crippen LogP contribution in [0.4, 0.5) is 5.69 Å². The second-order valence-electron chi connectivity index (χ2n) is 4.39. The van der Waals surface area contributed by atoms with E-state index in [1.807, 2.05) is 6.07 Å². The van der Waals surface area contributed by atoms with Crippen LogP contribution in [0.5, 0.6) is 5.75 Å². The Morgan fingerprint density at radius 3 is 2.62 bits per heavy atom. The molecule has 0 atom stereocenters. The summed E-state index contributed by atoms with van der Waals surface area (Å²) in [4.78, 5) is 10.9. The van der Waals surface area contributed by atoms with E-state index in [0.717, 1.165) is 5.56 Å². The van der Waals surface area contributed by atoms with E-state index in [1.54, 1.807) is 12.1 Å². The van der Waals surface area contributed by atoms with Crippen LogP contribution in [0.1, 0.15) is 15.9 Å². The van der Waals surface area contributed by atoms with Crippen LogP contribution in [0.15, 0.2) is 36.4 Å². The van der Waals surface area contributed by atoms with Crippen molar-refractivity contribution in [1.82, 2.24) is 0 Å². The van der Waals surface area contributed by atoms with E-state index in [2.05, 4.69) is 0 Å². The number of nitrogen functional groups attached to an aromatic ring is 1. The van der Waals surface area contributed by atoms with Gasteiger partial charge in [0.05, 0.1) is 17.9 Å². The number of benzene rings is 2. The Kier molecular flexibility index (Phi) is 4.94. The third-order valence-corrected chi connectivity index (χ3v) is 3.49. The predicted octanol–water partition coefficient (Wildman–Crippen LogP) is 3.90. The highest BCUT2D eigenvalue weighted by molar-refractivity contribution is 6.35. The molecule has 0 aromatic heterocycles. The van der Waals surface area contributed by atoms with E-state index in [1.165, 1.54) is 18.2 Å². The first-order valence-corrected chi connectivity index (χ1v) is 6.92. The third-order valence-electron chi connectivity index (χ3n) is 2.90. The van der Waals surface area contributed by atoms with Crippen LogP contribution in [-0.4, -0.2) is 17.7 Å². The van der Waals surface area contributed by atoms with E-state index in [0.29, 0.717) is 34.5 Å².